The SMILES string of the molecule is CN1C=C(Cl)S/C1=C/C(=O)C(F)(F)F. The Morgan fingerprint density at radius 1 is 1.64 bits per heavy atom. The average Bonchev–Trinajstić information content (AvgIpc) is 2.28. The highest BCUT2D eigenvalue weighted by atomic mass is 35.5. The Bertz CT molecular complexity index is 323. The van der Waals surface area contributed by atoms with Crippen molar-refractivity contribution in [2.75, 3.05) is 7.05 Å². The second kappa shape index (κ2) is 3.86. The van der Waals surface area contributed by atoms with Crippen molar-refractivity contribution in [3.63, 3.8) is 0 Å². The van der Waals surface area contributed by atoms with Gasteiger partial charge in [-0.3, -0.25) is 4.79 Å². The predicted molar refractivity (Wildman–Crippen MR) is 48.4 cm³/mol. The topological polar surface area (TPSA) is 20.3 Å². The number of alkyl halides is 3. The van der Waals surface area contributed by atoms with Crippen molar-refractivity contribution in [2.24, 2.45) is 0 Å². The van der Waals surface area contributed by atoms with Crippen molar-refractivity contribution >= 4 is 29.1 Å². The van der Waals surface area contributed by atoms with Gasteiger partial charge in [-0.25, -0.2) is 0 Å². The number of ketones is 1. The fourth-order valence-electron chi connectivity index (χ4n) is 0.739. The van der Waals surface area contributed by atoms with Crippen molar-refractivity contribution < 1.29 is 18.0 Å². The van der Waals surface area contributed by atoms with Crippen LogP contribution in [0.25, 0.3) is 0 Å². The van der Waals surface area contributed by atoms with Gasteiger partial charge in [-0.2, -0.15) is 13.2 Å². The third-order valence-electron chi connectivity index (χ3n) is 1.38. The van der Waals surface area contributed by atoms with Crippen LogP contribution in [0.3, 0.4) is 0 Å². The number of thioether (sulfide) groups is 1. The molecule has 0 unspecified atom stereocenters. The summed E-state index contributed by atoms with van der Waals surface area (Å²) in [6.45, 7) is 0. The van der Waals surface area contributed by atoms with Gasteiger partial charge in [0.15, 0.2) is 0 Å². The summed E-state index contributed by atoms with van der Waals surface area (Å²) < 4.78 is 35.9. The van der Waals surface area contributed by atoms with Crippen LogP contribution < -0.4 is 0 Å². The van der Waals surface area contributed by atoms with Gasteiger partial charge in [0.2, 0.25) is 0 Å². The lowest BCUT2D eigenvalue weighted by Crippen LogP contribution is -2.21. The highest BCUT2D eigenvalue weighted by Gasteiger charge is 2.37. The molecule has 0 atom stereocenters. The minimum Gasteiger partial charge on any atom is -0.343 e. The molecule has 0 fully saturated rings. The van der Waals surface area contributed by atoms with E-state index in [-0.39, 0.29) is 5.03 Å². The average molecular weight is 244 g/mol. The maximum atomic E-state index is 11.9. The van der Waals surface area contributed by atoms with Crippen LogP contribution in [0.5, 0.6) is 0 Å². The Labute approximate surface area is 87.4 Å². The Morgan fingerprint density at radius 3 is 2.57 bits per heavy atom. The van der Waals surface area contributed by atoms with Crippen molar-refractivity contribution in [2.45, 2.75) is 6.18 Å². The van der Waals surface area contributed by atoms with E-state index in [1.807, 2.05) is 0 Å². The summed E-state index contributed by atoms with van der Waals surface area (Å²) in [6, 6.07) is 0. The molecule has 0 N–H and O–H groups in total. The highest BCUT2D eigenvalue weighted by molar-refractivity contribution is 8.08. The summed E-state index contributed by atoms with van der Waals surface area (Å²) in [6.07, 6.45) is -2.87. The van der Waals surface area contributed by atoms with Gasteiger partial charge >= 0.3 is 6.18 Å². The molecule has 1 rings (SSSR count). The number of hydrogen-bond acceptors (Lipinski definition) is 3. The van der Waals surface area contributed by atoms with E-state index in [9.17, 15) is 18.0 Å². The molecule has 0 aromatic rings. The largest absolute Gasteiger partial charge is 0.454 e. The van der Waals surface area contributed by atoms with Gasteiger partial charge in [0.1, 0.15) is 0 Å². The molecule has 7 heteroatoms. The Morgan fingerprint density at radius 2 is 2.21 bits per heavy atom. The normalized spacial score (nSPS) is 20.2. The van der Waals surface area contributed by atoms with Gasteiger partial charge in [0.25, 0.3) is 5.78 Å². The number of rotatable bonds is 1. The predicted octanol–water partition coefficient (Wildman–Crippen LogP) is 2.68. The molecule has 14 heavy (non-hydrogen) atoms. The number of halogens is 4. The molecule has 0 radical (unpaired) electrons. The van der Waals surface area contributed by atoms with Crippen LogP contribution in [0.15, 0.2) is 21.7 Å². The summed E-state index contributed by atoms with van der Waals surface area (Å²) in [7, 11) is 1.51. The molecule has 2 nitrogen and oxygen atoms in total. The van der Waals surface area contributed by atoms with E-state index in [1.54, 1.807) is 0 Å². The molecular formula is C7H5ClF3NOS. The Balaban J connectivity index is 2.78. The molecule has 0 aliphatic carbocycles. The van der Waals surface area contributed by atoms with Crippen LogP contribution in [0, 0.1) is 0 Å². The highest BCUT2D eigenvalue weighted by Crippen LogP contribution is 2.37. The number of carbonyl (C=O) groups is 1. The summed E-state index contributed by atoms with van der Waals surface area (Å²) >= 11 is 6.46. The van der Waals surface area contributed by atoms with E-state index in [0.29, 0.717) is 10.4 Å². The van der Waals surface area contributed by atoms with E-state index < -0.39 is 12.0 Å². The minimum atomic E-state index is -4.83. The smallest absolute Gasteiger partial charge is 0.343 e. The fraction of sp³-hybridized carbons (Fsp3) is 0.286. The minimum absolute atomic E-state index is 0.164. The molecule has 0 aromatic carbocycles. The standard InChI is InChI=1S/C7H5ClF3NOS/c1-12-3-5(8)14-6(12)2-4(13)7(9,10)11/h2-3H,1H3/b6-2+. The maximum Gasteiger partial charge on any atom is 0.454 e. The van der Waals surface area contributed by atoms with Crippen LogP contribution in [-0.2, 0) is 4.79 Å². The number of nitrogens with zero attached hydrogens (tertiary/aromatic N) is 1. The van der Waals surface area contributed by atoms with Crippen LogP contribution >= 0.6 is 23.4 Å². The third kappa shape index (κ3) is 2.68. The molecule has 0 saturated carbocycles. The zero-order chi connectivity index (χ0) is 10.9. The summed E-state index contributed by atoms with van der Waals surface area (Å²) in [5, 5.41) is 0.164. The molecule has 0 amide bonds. The fourth-order valence-corrected chi connectivity index (χ4v) is 1.90. The number of allylic oxidation sites excluding steroid dienone is 1. The summed E-state index contributed by atoms with van der Waals surface area (Å²) in [5.74, 6) is -1.88. The van der Waals surface area contributed by atoms with Gasteiger partial charge in [0, 0.05) is 19.3 Å². The number of hydrogen-bond donors (Lipinski definition) is 0. The molecule has 78 valence electrons. The van der Waals surface area contributed by atoms with E-state index in [4.69, 9.17) is 11.6 Å². The monoisotopic (exact) mass is 243 g/mol. The van der Waals surface area contributed by atoms with E-state index in [2.05, 4.69) is 0 Å². The molecule has 0 saturated heterocycles. The lowest BCUT2D eigenvalue weighted by Gasteiger charge is -2.09. The second-order valence-electron chi connectivity index (χ2n) is 2.49. The lowest BCUT2D eigenvalue weighted by atomic mass is 10.4. The first-order chi connectivity index (χ1) is 6.30. The van der Waals surface area contributed by atoms with Crippen LogP contribution in [0.4, 0.5) is 13.2 Å². The first-order valence-electron chi connectivity index (χ1n) is 3.41. The van der Waals surface area contributed by atoms with Gasteiger partial charge in [-0.15, -0.1) is 0 Å². The van der Waals surface area contributed by atoms with Crippen molar-refractivity contribution in [3.8, 4) is 0 Å². The van der Waals surface area contributed by atoms with Crippen molar-refractivity contribution in [1.82, 2.24) is 4.90 Å². The zero-order valence-corrected chi connectivity index (χ0v) is 8.50. The second-order valence-corrected chi connectivity index (χ2v) is 4.18. The van der Waals surface area contributed by atoms with Gasteiger partial charge in [-0.05, 0) is 0 Å². The quantitative estimate of drug-likeness (QED) is 0.661. The molecule has 0 aromatic heterocycles. The van der Waals surface area contributed by atoms with E-state index in [0.717, 1.165) is 11.8 Å². The van der Waals surface area contributed by atoms with Crippen LogP contribution in [-0.4, -0.2) is 23.9 Å². The van der Waals surface area contributed by atoms with E-state index >= 15 is 0 Å². The van der Waals surface area contributed by atoms with Crippen LogP contribution in [0.2, 0.25) is 0 Å². The Hall–Kier alpha value is -0.620. The molecule has 1 aliphatic rings. The lowest BCUT2D eigenvalue weighted by molar-refractivity contribution is -0.165. The first kappa shape index (κ1) is 11.5. The van der Waals surface area contributed by atoms with Crippen molar-refractivity contribution in [3.05, 3.63) is 21.7 Å². The van der Waals surface area contributed by atoms with Gasteiger partial charge < -0.3 is 4.90 Å². The number of carbonyl (C=O) groups excluding carboxylic acids is 1. The maximum absolute atomic E-state index is 11.9. The Kier molecular flexibility index (Phi) is 3.16. The summed E-state index contributed by atoms with van der Waals surface area (Å²) in [5.41, 5.74) is 0. The van der Waals surface area contributed by atoms with Crippen LogP contribution in [0.1, 0.15) is 0 Å². The van der Waals surface area contributed by atoms with Crippen molar-refractivity contribution in [1.29, 1.82) is 0 Å². The molecular weight excluding hydrogens is 239 g/mol. The molecule has 1 heterocycles. The van der Waals surface area contributed by atoms with Gasteiger partial charge in [0.05, 0.1) is 9.39 Å². The third-order valence-corrected chi connectivity index (χ3v) is 2.62. The summed E-state index contributed by atoms with van der Waals surface area (Å²) in [4.78, 5) is 11.9. The molecule has 1 aliphatic heterocycles. The molecule has 0 bridgehead atoms. The zero-order valence-electron chi connectivity index (χ0n) is 6.93. The van der Waals surface area contributed by atoms with Gasteiger partial charge in [-0.1, -0.05) is 23.4 Å². The van der Waals surface area contributed by atoms with E-state index in [1.165, 1.54) is 18.1 Å². The molecule has 0 spiro atoms. The first-order valence-corrected chi connectivity index (χ1v) is 4.61.